The molecular formula is C14H23N5O2. The third-order valence-corrected chi connectivity index (χ3v) is 3.48. The number of nitrogens with zero attached hydrogens (tertiary/aromatic N) is 4. The van der Waals surface area contributed by atoms with Gasteiger partial charge in [0.25, 0.3) is 0 Å². The summed E-state index contributed by atoms with van der Waals surface area (Å²) in [7, 11) is 1.70. The minimum Gasteiger partial charge on any atom is -0.385 e. The van der Waals surface area contributed by atoms with Crippen molar-refractivity contribution in [1.29, 1.82) is 0 Å². The fourth-order valence-corrected chi connectivity index (χ4v) is 2.25. The van der Waals surface area contributed by atoms with Crippen LogP contribution in [0.1, 0.15) is 13.3 Å². The Morgan fingerprint density at radius 2 is 2.14 bits per heavy atom. The number of hydrogen-bond donors (Lipinski definition) is 1. The summed E-state index contributed by atoms with van der Waals surface area (Å²) in [6.45, 7) is 6.16. The van der Waals surface area contributed by atoms with Crippen LogP contribution in [0.3, 0.4) is 0 Å². The van der Waals surface area contributed by atoms with Gasteiger partial charge < -0.3 is 19.9 Å². The molecule has 2 heterocycles. The molecule has 0 radical (unpaired) electrons. The molecule has 1 N–H and O–H groups in total. The van der Waals surface area contributed by atoms with Crippen LogP contribution in [0.2, 0.25) is 0 Å². The Labute approximate surface area is 125 Å². The third-order valence-electron chi connectivity index (χ3n) is 3.48. The van der Waals surface area contributed by atoms with Gasteiger partial charge in [-0.2, -0.15) is 4.98 Å². The Balaban J connectivity index is 1.87. The lowest BCUT2D eigenvalue weighted by Crippen LogP contribution is -2.48. The van der Waals surface area contributed by atoms with Crippen molar-refractivity contribution in [3.05, 3.63) is 12.3 Å². The van der Waals surface area contributed by atoms with Gasteiger partial charge in [-0.05, 0) is 12.5 Å². The van der Waals surface area contributed by atoms with Crippen molar-refractivity contribution < 1.29 is 9.53 Å². The normalized spacial score (nSPS) is 15.1. The van der Waals surface area contributed by atoms with Crippen LogP contribution in [0.4, 0.5) is 11.8 Å². The number of aromatic nitrogens is 2. The predicted octanol–water partition coefficient (Wildman–Crippen LogP) is 0.593. The first-order valence-electron chi connectivity index (χ1n) is 7.27. The van der Waals surface area contributed by atoms with Crippen molar-refractivity contribution >= 4 is 17.7 Å². The molecule has 116 valence electrons. The highest BCUT2D eigenvalue weighted by molar-refractivity contribution is 5.73. The van der Waals surface area contributed by atoms with E-state index in [0.29, 0.717) is 0 Å². The number of carbonyl (C=O) groups is 1. The van der Waals surface area contributed by atoms with Gasteiger partial charge in [0, 0.05) is 59.6 Å². The van der Waals surface area contributed by atoms with E-state index in [1.165, 1.54) is 0 Å². The Hall–Kier alpha value is -1.89. The van der Waals surface area contributed by atoms with Crippen molar-refractivity contribution in [1.82, 2.24) is 14.9 Å². The van der Waals surface area contributed by atoms with Gasteiger partial charge in [0.05, 0.1) is 0 Å². The van der Waals surface area contributed by atoms with Crippen LogP contribution >= 0.6 is 0 Å². The smallest absolute Gasteiger partial charge is 0.227 e. The molecule has 1 saturated heterocycles. The second kappa shape index (κ2) is 7.78. The van der Waals surface area contributed by atoms with Crippen molar-refractivity contribution in [2.75, 3.05) is 56.7 Å². The fraction of sp³-hybridized carbons (Fsp3) is 0.643. The van der Waals surface area contributed by atoms with E-state index in [4.69, 9.17) is 4.74 Å². The molecular weight excluding hydrogens is 270 g/mol. The average Bonchev–Trinajstić information content (AvgIpc) is 2.52. The summed E-state index contributed by atoms with van der Waals surface area (Å²) in [5, 5.41) is 3.26. The van der Waals surface area contributed by atoms with Crippen molar-refractivity contribution in [3.63, 3.8) is 0 Å². The molecule has 7 nitrogen and oxygen atoms in total. The summed E-state index contributed by atoms with van der Waals surface area (Å²) in [5.41, 5.74) is 0. The molecule has 0 unspecified atom stereocenters. The molecule has 7 heteroatoms. The molecule has 1 aromatic rings. The molecule has 0 saturated carbocycles. The van der Waals surface area contributed by atoms with Gasteiger partial charge in [0.1, 0.15) is 5.82 Å². The van der Waals surface area contributed by atoms with Crippen LogP contribution in [-0.2, 0) is 9.53 Å². The van der Waals surface area contributed by atoms with E-state index in [1.54, 1.807) is 20.2 Å². The van der Waals surface area contributed by atoms with E-state index in [2.05, 4.69) is 20.2 Å². The van der Waals surface area contributed by atoms with E-state index in [0.717, 1.165) is 57.5 Å². The SMILES string of the molecule is COCCCNc1ccnc(N2CCN(C(C)=O)CC2)n1. The third kappa shape index (κ3) is 4.56. The van der Waals surface area contributed by atoms with Crippen molar-refractivity contribution in [2.24, 2.45) is 0 Å². The lowest BCUT2D eigenvalue weighted by Gasteiger charge is -2.34. The number of anilines is 2. The minimum absolute atomic E-state index is 0.129. The first-order chi connectivity index (χ1) is 10.2. The van der Waals surface area contributed by atoms with Gasteiger partial charge in [-0.25, -0.2) is 4.98 Å². The largest absolute Gasteiger partial charge is 0.385 e. The Kier molecular flexibility index (Phi) is 5.74. The number of piperazine rings is 1. The quantitative estimate of drug-likeness (QED) is 0.774. The molecule has 0 bridgehead atoms. The fourth-order valence-electron chi connectivity index (χ4n) is 2.25. The van der Waals surface area contributed by atoms with Gasteiger partial charge in [-0.1, -0.05) is 0 Å². The summed E-state index contributed by atoms with van der Waals surface area (Å²) in [6.07, 6.45) is 2.70. The van der Waals surface area contributed by atoms with Crippen LogP contribution in [0.5, 0.6) is 0 Å². The van der Waals surface area contributed by atoms with Crippen molar-refractivity contribution in [2.45, 2.75) is 13.3 Å². The van der Waals surface area contributed by atoms with Crippen LogP contribution in [0.15, 0.2) is 12.3 Å². The average molecular weight is 293 g/mol. The van der Waals surface area contributed by atoms with Crippen molar-refractivity contribution in [3.8, 4) is 0 Å². The zero-order valence-corrected chi connectivity index (χ0v) is 12.7. The maximum Gasteiger partial charge on any atom is 0.227 e. The summed E-state index contributed by atoms with van der Waals surface area (Å²) in [6, 6.07) is 1.86. The van der Waals surface area contributed by atoms with Gasteiger partial charge in [0.15, 0.2) is 0 Å². The molecule has 1 fully saturated rings. The number of ether oxygens (including phenoxy) is 1. The monoisotopic (exact) mass is 293 g/mol. The molecule has 1 amide bonds. The highest BCUT2D eigenvalue weighted by Crippen LogP contribution is 2.13. The molecule has 2 rings (SSSR count). The highest BCUT2D eigenvalue weighted by Gasteiger charge is 2.20. The maximum atomic E-state index is 11.3. The van der Waals surface area contributed by atoms with E-state index < -0.39 is 0 Å². The second-order valence-electron chi connectivity index (χ2n) is 5.01. The van der Waals surface area contributed by atoms with E-state index in [1.807, 2.05) is 11.0 Å². The van der Waals surface area contributed by atoms with E-state index in [9.17, 15) is 4.79 Å². The van der Waals surface area contributed by atoms with Gasteiger partial charge in [0.2, 0.25) is 11.9 Å². The summed E-state index contributed by atoms with van der Waals surface area (Å²) < 4.78 is 5.01. The van der Waals surface area contributed by atoms with Crippen LogP contribution in [0.25, 0.3) is 0 Å². The Morgan fingerprint density at radius 1 is 1.38 bits per heavy atom. The van der Waals surface area contributed by atoms with Crippen LogP contribution < -0.4 is 10.2 Å². The molecule has 1 aliphatic heterocycles. The minimum atomic E-state index is 0.129. The molecule has 0 atom stereocenters. The zero-order valence-electron chi connectivity index (χ0n) is 12.7. The summed E-state index contributed by atoms with van der Waals surface area (Å²) in [4.78, 5) is 24.1. The molecule has 0 aromatic carbocycles. The molecule has 21 heavy (non-hydrogen) atoms. The van der Waals surface area contributed by atoms with E-state index in [-0.39, 0.29) is 5.91 Å². The lowest BCUT2D eigenvalue weighted by atomic mass is 10.3. The van der Waals surface area contributed by atoms with Gasteiger partial charge in [-0.15, -0.1) is 0 Å². The molecule has 0 aliphatic carbocycles. The number of methoxy groups -OCH3 is 1. The molecule has 1 aliphatic rings. The van der Waals surface area contributed by atoms with Gasteiger partial charge >= 0.3 is 0 Å². The summed E-state index contributed by atoms with van der Waals surface area (Å²) in [5.74, 6) is 1.67. The summed E-state index contributed by atoms with van der Waals surface area (Å²) >= 11 is 0. The maximum absolute atomic E-state index is 11.3. The highest BCUT2D eigenvalue weighted by atomic mass is 16.5. The molecule has 1 aromatic heterocycles. The second-order valence-corrected chi connectivity index (χ2v) is 5.01. The topological polar surface area (TPSA) is 70.6 Å². The standard InChI is InChI=1S/C14H23N5O2/c1-12(20)18-7-9-19(10-8-18)14-16-6-4-13(17-14)15-5-3-11-21-2/h4,6H,3,5,7-11H2,1-2H3,(H,15,16,17). The Morgan fingerprint density at radius 3 is 2.81 bits per heavy atom. The van der Waals surface area contributed by atoms with Crippen LogP contribution in [0, 0.1) is 0 Å². The van der Waals surface area contributed by atoms with Crippen LogP contribution in [-0.4, -0.2) is 67.2 Å². The number of rotatable bonds is 6. The predicted molar refractivity (Wildman–Crippen MR) is 81.5 cm³/mol. The van der Waals surface area contributed by atoms with E-state index >= 15 is 0 Å². The first-order valence-corrected chi connectivity index (χ1v) is 7.27. The Bertz CT molecular complexity index is 460. The number of nitrogens with one attached hydrogen (secondary N) is 1. The lowest BCUT2D eigenvalue weighted by molar-refractivity contribution is -0.129. The zero-order chi connectivity index (χ0) is 15.1. The molecule has 0 spiro atoms. The first kappa shape index (κ1) is 15.5. The number of amides is 1. The number of hydrogen-bond acceptors (Lipinski definition) is 6. The van der Waals surface area contributed by atoms with Gasteiger partial charge in [-0.3, -0.25) is 4.79 Å². The number of carbonyl (C=O) groups excluding carboxylic acids is 1.